The van der Waals surface area contributed by atoms with Crippen LogP contribution in [0.4, 0.5) is 0 Å². The average molecular weight is 228 g/mol. The van der Waals surface area contributed by atoms with Gasteiger partial charge in [-0.25, -0.2) is 0 Å². The Morgan fingerprint density at radius 2 is 2.19 bits per heavy atom. The van der Waals surface area contributed by atoms with Gasteiger partial charge in [0.05, 0.1) is 19.3 Å². The van der Waals surface area contributed by atoms with E-state index < -0.39 is 0 Å². The van der Waals surface area contributed by atoms with Gasteiger partial charge in [-0.2, -0.15) is 0 Å². The minimum Gasteiger partial charge on any atom is -0.378 e. The molecule has 4 heteroatoms. The zero-order valence-corrected chi connectivity index (χ0v) is 10.7. The smallest absolute Gasteiger partial charge is 0.152 e. The van der Waals surface area contributed by atoms with Gasteiger partial charge in [-0.05, 0) is 33.7 Å². The Bertz CT molecular complexity index is 236. The van der Waals surface area contributed by atoms with E-state index in [4.69, 9.17) is 10.5 Å². The summed E-state index contributed by atoms with van der Waals surface area (Å²) < 4.78 is 5.41. The molecule has 2 N–H and O–H groups in total. The monoisotopic (exact) mass is 228 g/mol. The molecule has 1 saturated heterocycles. The number of ketones is 1. The van der Waals surface area contributed by atoms with Gasteiger partial charge in [0.2, 0.25) is 0 Å². The third-order valence-corrected chi connectivity index (χ3v) is 2.99. The number of hydrogen-bond donors (Lipinski definition) is 1. The van der Waals surface area contributed by atoms with Gasteiger partial charge < -0.3 is 10.5 Å². The maximum absolute atomic E-state index is 12.0. The highest BCUT2D eigenvalue weighted by atomic mass is 16.5. The molecular weight excluding hydrogens is 204 g/mol. The Hall–Kier alpha value is -0.450. The standard InChI is InChI=1S/C12H24N2O2/c1-12(2,3)14-7-8-16-9-10(14)11(15)5-4-6-13/h10H,4-9,13H2,1-3H3. The molecule has 16 heavy (non-hydrogen) atoms. The Balaban J connectivity index is 2.63. The summed E-state index contributed by atoms with van der Waals surface area (Å²) in [6.07, 6.45) is 1.34. The second kappa shape index (κ2) is 5.75. The van der Waals surface area contributed by atoms with Gasteiger partial charge in [0.15, 0.2) is 5.78 Å². The van der Waals surface area contributed by atoms with Crippen molar-refractivity contribution in [2.45, 2.75) is 45.2 Å². The van der Waals surface area contributed by atoms with E-state index in [2.05, 4.69) is 25.7 Å². The zero-order chi connectivity index (χ0) is 12.2. The highest BCUT2D eigenvalue weighted by Gasteiger charge is 2.35. The van der Waals surface area contributed by atoms with Gasteiger partial charge in [-0.1, -0.05) is 0 Å². The largest absolute Gasteiger partial charge is 0.378 e. The number of morpholine rings is 1. The summed E-state index contributed by atoms with van der Waals surface area (Å²) in [7, 11) is 0. The van der Waals surface area contributed by atoms with Gasteiger partial charge in [-0.3, -0.25) is 9.69 Å². The Kier molecular flexibility index (Phi) is 4.89. The van der Waals surface area contributed by atoms with Crippen molar-refractivity contribution in [1.82, 2.24) is 4.90 Å². The molecule has 1 rings (SSSR count). The second-order valence-electron chi connectivity index (χ2n) is 5.31. The normalized spacial score (nSPS) is 23.4. The molecule has 0 aliphatic carbocycles. The minimum atomic E-state index is -0.0831. The summed E-state index contributed by atoms with van der Waals surface area (Å²) in [6.45, 7) is 9.08. The van der Waals surface area contributed by atoms with Crippen molar-refractivity contribution in [3.05, 3.63) is 0 Å². The topological polar surface area (TPSA) is 55.6 Å². The number of rotatable bonds is 4. The Morgan fingerprint density at radius 3 is 2.75 bits per heavy atom. The first-order valence-electron chi connectivity index (χ1n) is 6.04. The molecule has 0 aromatic heterocycles. The van der Waals surface area contributed by atoms with Gasteiger partial charge in [0, 0.05) is 18.5 Å². The highest BCUT2D eigenvalue weighted by Crippen LogP contribution is 2.21. The van der Waals surface area contributed by atoms with Crippen molar-refractivity contribution >= 4 is 5.78 Å². The fourth-order valence-corrected chi connectivity index (χ4v) is 2.12. The van der Waals surface area contributed by atoms with Crippen molar-refractivity contribution in [2.24, 2.45) is 5.73 Å². The molecule has 0 aromatic carbocycles. The number of Topliss-reactive ketones (excluding diaryl/α,β-unsaturated/α-hetero) is 1. The number of carbonyl (C=O) groups excluding carboxylic acids is 1. The van der Waals surface area contributed by atoms with Crippen molar-refractivity contribution in [2.75, 3.05) is 26.3 Å². The Morgan fingerprint density at radius 1 is 1.50 bits per heavy atom. The van der Waals surface area contributed by atoms with Crippen LogP contribution in [0.5, 0.6) is 0 Å². The molecule has 94 valence electrons. The van der Waals surface area contributed by atoms with Crippen molar-refractivity contribution in [1.29, 1.82) is 0 Å². The van der Waals surface area contributed by atoms with Crippen molar-refractivity contribution in [3.63, 3.8) is 0 Å². The molecule has 1 fully saturated rings. The number of nitrogens with two attached hydrogens (primary N) is 1. The maximum atomic E-state index is 12.0. The van der Waals surface area contributed by atoms with E-state index in [9.17, 15) is 4.79 Å². The maximum Gasteiger partial charge on any atom is 0.152 e. The van der Waals surface area contributed by atoms with Crippen LogP contribution in [0.25, 0.3) is 0 Å². The quantitative estimate of drug-likeness (QED) is 0.773. The zero-order valence-electron chi connectivity index (χ0n) is 10.7. The second-order valence-corrected chi connectivity index (χ2v) is 5.31. The highest BCUT2D eigenvalue weighted by molar-refractivity contribution is 5.84. The van der Waals surface area contributed by atoms with E-state index in [1.165, 1.54) is 0 Å². The Labute approximate surface area is 98.1 Å². The number of hydrogen-bond acceptors (Lipinski definition) is 4. The van der Waals surface area contributed by atoms with Crippen LogP contribution in [0.15, 0.2) is 0 Å². The number of ether oxygens (including phenoxy) is 1. The van der Waals surface area contributed by atoms with E-state index in [1.54, 1.807) is 0 Å². The summed E-state index contributed by atoms with van der Waals surface area (Å²) >= 11 is 0. The third kappa shape index (κ3) is 3.54. The van der Waals surface area contributed by atoms with Gasteiger partial charge in [-0.15, -0.1) is 0 Å². The predicted octanol–water partition coefficient (Wildman–Crippen LogP) is 0.794. The van der Waals surface area contributed by atoms with Gasteiger partial charge >= 0.3 is 0 Å². The van der Waals surface area contributed by atoms with Crippen LogP contribution in [-0.2, 0) is 9.53 Å². The molecular formula is C12H24N2O2. The number of nitrogens with zero attached hydrogens (tertiary/aromatic N) is 1. The summed E-state index contributed by atoms with van der Waals surface area (Å²) in [4.78, 5) is 14.3. The summed E-state index contributed by atoms with van der Waals surface area (Å²) in [5, 5.41) is 0. The molecule has 0 bridgehead atoms. The van der Waals surface area contributed by atoms with Crippen LogP contribution in [0, 0.1) is 0 Å². The van der Waals surface area contributed by atoms with Crippen LogP contribution in [0.1, 0.15) is 33.6 Å². The van der Waals surface area contributed by atoms with E-state index in [0.717, 1.165) is 19.6 Å². The van der Waals surface area contributed by atoms with Crippen LogP contribution >= 0.6 is 0 Å². The molecule has 0 saturated carbocycles. The average Bonchev–Trinajstić information content (AvgIpc) is 2.24. The minimum absolute atomic E-state index is 0.0207. The first-order valence-corrected chi connectivity index (χ1v) is 6.04. The van der Waals surface area contributed by atoms with Gasteiger partial charge in [0.25, 0.3) is 0 Å². The van der Waals surface area contributed by atoms with Crippen LogP contribution in [0.3, 0.4) is 0 Å². The van der Waals surface area contributed by atoms with Gasteiger partial charge in [0.1, 0.15) is 0 Å². The fraction of sp³-hybridized carbons (Fsp3) is 0.917. The first-order chi connectivity index (χ1) is 7.46. The van der Waals surface area contributed by atoms with E-state index in [0.29, 0.717) is 19.6 Å². The lowest BCUT2D eigenvalue weighted by atomic mass is 9.98. The summed E-state index contributed by atoms with van der Waals surface area (Å²) in [5.41, 5.74) is 5.45. The predicted molar refractivity (Wildman–Crippen MR) is 64.4 cm³/mol. The lowest BCUT2D eigenvalue weighted by Gasteiger charge is -2.43. The molecule has 1 heterocycles. The summed E-state index contributed by atoms with van der Waals surface area (Å²) in [6, 6.07) is -0.0831. The summed E-state index contributed by atoms with van der Waals surface area (Å²) in [5.74, 6) is 0.264. The van der Waals surface area contributed by atoms with E-state index in [-0.39, 0.29) is 17.4 Å². The molecule has 0 radical (unpaired) electrons. The van der Waals surface area contributed by atoms with Crippen molar-refractivity contribution in [3.8, 4) is 0 Å². The number of carbonyl (C=O) groups is 1. The molecule has 1 unspecified atom stereocenters. The van der Waals surface area contributed by atoms with Crippen LogP contribution in [-0.4, -0.2) is 48.6 Å². The molecule has 0 amide bonds. The lowest BCUT2D eigenvalue weighted by Crippen LogP contribution is -2.57. The molecule has 1 aliphatic heterocycles. The van der Waals surface area contributed by atoms with E-state index >= 15 is 0 Å². The molecule has 1 aliphatic rings. The molecule has 0 aromatic rings. The van der Waals surface area contributed by atoms with Crippen molar-refractivity contribution < 1.29 is 9.53 Å². The first kappa shape index (κ1) is 13.6. The lowest BCUT2D eigenvalue weighted by molar-refractivity contribution is -0.135. The third-order valence-electron chi connectivity index (χ3n) is 2.99. The fourth-order valence-electron chi connectivity index (χ4n) is 2.12. The van der Waals surface area contributed by atoms with Crippen LogP contribution < -0.4 is 5.73 Å². The SMILES string of the molecule is CC(C)(C)N1CCOCC1C(=O)CCCN. The molecule has 4 nitrogen and oxygen atoms in total. The molecule has 1 atom stereocenters. The molecule has 0 spiro atoms. The van der Waals surface area contributed by atoms with E-state index in [1.807, 2.05) is 0 Å². The van der Waals surface area contributed by atoms with Crippen LogP contribution in [0.2, 0.25) is 0 Å².